The topological polar surface area (TPSA) is 87.2 Å². The lowest BCUT2D eigenvalue weighted by Crippen LogP contribution is -2.45. The van der Waals surface area contributed by atoms with E-state index in [-0.39, 0.29) is 5.84 Å². The lowest BCUT2D eigenvalue weighted by atomic mass is 10.3. The summed E-state index contributed by atoms with van der Waals surface area (Å²) >= 11 is 0. The van der Waals surface area contributed by atoms with Gasteiger partial charge in [0.05, 0.1) is 11.3 Å². The summed E-state index contributed by atoms with van der Waals surface area (Å²) in [6.45, 7) is 4.78. The summed E-state index contributed by atoms with van der Waals surface area (Å²) in [6.07, 6.45) is 0. The molecule has 78 valence electrons. The third-order valence-corrected chi connectivity index (χ3v) is 4.30. The molecule has 0 aliphatic carbocycles. The number of hydrogen-bond acceptors (Lipinski definition) is 3. The normalized spacial score (nSPS) is 14.9. The van der Waals surface area contributed by atoms with Crippen LogP contribution in [0.15, 0.2) is 0 Å². The number of amidine groups is 1. The zero-order chi connectivity index (χ0) is 10.8. The van der Waals surface area contributed by atoms with E-state index in [9.17, 15) is 8.42 Å². The minimum absolute atomic E-state index is 0.147. The van der Waals surface area contributed by atoms with E-state index < -0.39 is 21.3 Å². The first-order chi connectivity index (χ1) is 5.71. The number of rotatable bonds is 4. The molecule has 0 fully saturated rings. The van der Waals surface area contributed by atoms with Crippen molar-refractivity contribution in [1.82, 2.24) is 4.31 Å². The average molecular weight is 207 g/mol. The minimum Gasteiger partial charge on any atom is -0.386 e. The fraction of sp³-hybridized carbons (Fsp3) is 0.857. The molecule has 0 bridgehead atoms. The molecule has 0 amide bonds. The minimum atomic E-state index is -3.31. The standard InChI is InChI=1S/C7H17N3O2S/c1-5(2)13(11,12)10(4)6(3)7(8)9/h5-6H,1-4H3,(H3,8,9). The van der Waals surface area contributed by atoms with Gasteiger partial charge in [0.1, 0.15) is 5.84 Å². The van der Waals surface area contributed by atoms with Gasteiger partial charge in [-0.2, -0.15) is 4.31 Å². The third kappa shape index (κ3) is 2.67. The largest absolute Gasteiger partial charge is 0.386 e. The molecule has 0 aliphatic heterocycles. The molecule has 0 radical (unpaired) electrons. The molecule has 0 heterocycles. The molecule has 0 saturated heterocycles. The Bertz CT molecular complexity index is 284. The van der Waals surface area contributed by atoms with Crippen LogP contribution in [-0.2, 0) is 10.0 Å². The van der Waals surface area contributed by atoms with Gasteiger partial charge in [0, 0.05) is 7.05 Å². The molecule has 0 aromatic heterocycles. The highest BCUT2D eigenvalue weighted by Gasteiger charge is 2.27. The average Bonchev–Trinajstić information content (AvgIpc) is 2.01. The zero-order valence-corrected chi connectivity index (χ0v) is 9.22. The summed E-state index contributed by atoms with van der Waals surface area (Å²) in [5, 5.41) is 6.64. The van der Waals surface area contributed by atoms with Gasteiger partial charge in [-0.05, 0) is 20.8 Å². The fourth-order valence-corrected chi connectivity index (χ4v) is 1.97. The number of likely N-dealkylation sites (N-methyl/N-ethyl adjacent to an activating group) is 1. The van der Waals surface area contributed by atoms with E-state index in [1.54, 1.807) is 20.8 Å². The maximum Gasteiger partial charge on any atom is 0.216 e. The summed E-state index contributed by atoms with van der Waals surface area (Å²) in [4.78, 5) is 0. The molecule has 6 heteroatoms. The maximum atomic E-state index is 11.5. The summed E-state index contributed by atoms with van der Waals surface area (Å²) in [6, 6.07) is -0.576. The first kappa shape index (κ1) is 12.4. The highest BCUT2D eigenvalue weighted by atomic mass is 32.2. The molecule has 0 aromatic rings. The van der Waals surface area contributed by atoms with Crippen LogP contribution in [-0.4, -0.2) is 36.9 Å². The Morgan fingerprint density at radius 3 is 2.00 bits per heavy atom. The molecule has 5 nitrogen and oxygen atoms in total. The van der Waals surface area contributed by atoms with Crippen molar-refractivity contribution in [2.75, 3.05) is 7.05 Å². The Balaban J connectivity index is 4.80. The first-order valence-electron chi connectivity index (χ1n) is 4.02. The van der Waals surface area contributed by atoms with Gasteiger partial charge in [-0.1, -0.05) is 0 Å². The van der Waals surface area contributed by atoms with Crippen LogP contribution in [0, 0.1) is 5.41 Å². The third-order valence-electron chi connectivity index (χ3n) is 1.99. The molecule has 3 N–H and O–H groups in total. The lowest BCUT2D eigenvalue weighted by molar-refractivity contribution is 0.442. The second-order valence-corrected chi connectivity index (χ2v) is 5.79. The van der Waals surface area contributed by atoms with E-state index in [0.717, 1.165) is 4.31 Å². The van der Waals surface area contributed by atoms with Crippen molar-refractivity contribution in [3.05, 3.63) is 0 Å². The van der Waals surface area contributed by atoms with Crippen LogP contribution >= 0.6 is 0 Å². The van der Waals surface area contributed by atoms with Gasteiger partial charge in [-0.25, -0.2) is 8.42 Å². The van der Waals surface area contributed by atoms with Crippen molar-refractivity contribution in [3.8, 4) is 0 Å². The number of nitrogens with two attached hydrogens (primary N) is 1. The van der Waals surface area contributed by atoms with Crippen LogP contribution in [0.5, 0.6) is 0 Å². The van der Waals surface area contributed by atoms with Crippen LogP contribution in [0.25, 0.3) is 0 Å². The summed E-state index contributed by atoms with van der Waals surface area (Å²) < 4.78 is 24.2. The molecule has 0 spiro atoms. The van der Waals surface area contributed by atoms with Crippen LogP contribution in [0.3, 0.4) is 0 Å². The Kier molecular flexibility index (Phi) is 3.87. The second kappa shape index (κ2) is 4.06. The molecular weight excluding hydrogens is 190 g/mol. The van der Waals surface area contributed by atoms with E-state index in [4.69, 9.17) is 11.1 Å². The molecule has 0 aromatic carbocycles. The smallest absolute Gasteiger partial charge is 0.216 e. The van der Waals surface area contributed by atoms with Gasteiger partial charge >= 0.3 is 0 Å². The monoisotopic (exact) mass is 207 g/mol. The van der Waals surface area contributed by atoms with E-state index in [2.05, 4.69) is 0 Å². The van der Waals surface area contributed by atoms with Gasteiger partial charge in [0.2, 0.25) is 10.0 Å². The lowest BCUT2D eigenvalue weighted by Gasteiger charge is -2.24. The number of hydrogen-bond donors (Lipinski definition) is 2. The van der Waals surface area contributed by atoms with E-state index >= 15 is 0 Å². The van der Waals surface area contributed by atoms with Crippen LogP contribution in [0.1, 0.15) is 20.8 Å². The van der Waals surface area contributed by atoms with Gasteiger partial charge in [-0.3, -0.25) is 5.41 Å². The van der Waals surface area contributed by atoms with Crippen LogP contribution < -0.4 is 5.73 Å². The van der Waals surface area contributed by atoms with Crippen molar-refractivity contribution < 1.29 is 8.42 Å². The molecule has 0 saturated carbocycles. The molecule has 13 heavy (non-hydrogen) atoms. The maximum absolute atomic E-state index is 11.5. The van der Waals surface area contributed by atoms with Crippen molar-refractivity contribution in [2.24, 2.45) is 5.73 Å². The number of nitrogens with zero attached hydrogens (tertiary/aromatic N) is 1. The predicted molar refractivity (Wildman–Crippen MR) is 53.2 cm³/mol. The Hall–Kier alpha value is -0.620. The van der Waals surface area contributed by atoms with Gasteiger partial charge < -0.3 is 5.73 Å². The predicted octanol–water partition coefficient (Wildman–Crippen LogP) is -0.0191. The molecule has 0 aliphatic rings. The van der Waals surface area contributed by atoms with Crippen molar-refractivity contribution >= 4 is 15.9 Å². The summed E-state index contributed by atoms with van der Waals surface area (Å²) in [5.41, 5.74) is 5.21. The first-order valence-corrected chi connectivity index (χ1v) is 5.52. The van der Waals surface area contributed by atoms with Crippen LogP contribution in [0.4, 0.5) is 0 Å². The zero-order valence-electron chi connectivity index (χ0n) is 8.40. The molecule has 0 rings (SSSR count). The fourth-order valence-electron chi connectivity index (χ4n) is 0.749. The Labute approximate surface area is 79.5 Å². The number of nitrogens with one attached hydrogen (secondary N) is 1. The van der Waals surface area contributed by atoms with Gasteiger partial charge in [-0.15, -0.1) is 0 Å². The van der Waals surface area contributed by atoms with Gasteiger partial charge in [0.25, 0.3) is 0 Å². The highest BCUT2D eigenvalue weighted by molar-refractivity contribution is 7.89. The van der Waals surface area contributed by atoms with Crippen molar-refractivity contribution in [3.63, 3.8) is 0 Å². The Morgan fingerprint density at radius 2 is 1.77 bits per heavy atom. The Morgan fingerprint density at radius 1 is 1.38 bits per heavy atom. The molecular formula is C7H17N3O2S. The van der Waals surface area contributed by atoms with Gasteiger partial charge in [0.15, 0.2) is 0 Å². The van der Waals surface area contributed by atoms with Crippen LogP contribution in [0.2, 0.25) is 0 Å². The summed E-state index contributed by atoms with van der Waals surface area (Å²) in [7, 11) is -1.88. The van der Waals surface area contributed by atoms with Crippen molar-refractivity contribution in [1.29, 1.82) is 5.41 Å². The van der Waals surface area contributed by atoms with E-state index in [0.29, 0.717) is 0 Å². The summed E-state index contributed by atoms with van der Waals surface area (Å²) in [5.74, 6) is -0.147. The van der Waals surface area contributed by atoms with Crippen molar-refractivity contribution in [2.45, 2.75) is 32.1 Å². The number of sulfonamides is 1. The molecule has 1 atom stereocenters. The van der Waals surface area contributed by atoms with E-state index in [1.165, 1.54) is 7.05 Å². The molecule has 1 unspecified atom stereocenters. The second-order valence-electron chi connectivity index (χ2n) is 3.24. The SMILES string of the molecule is CC(C(=N)N)N(C)S(=O)(=O)C(C)C. The quantitative estimate of drug-likeness (QED) is 0.501. The highest BCUT2D eigenvalue weighted by Crippen LogP contribution is 2.09. The van der Waals surface area contributed by atoms with E-state index in [1.807, 2.05) is 0 Å².